The van der Waals surface area contributed by atoms with Crippen LogP contribution in [0.3, 0.4) is 0 Å². The van der Waals surface area contributed by atoms with Crippen molar-refractivity contribution in [2.75, 3.05) is 15.6 Å². The van der Waals surface area contributed by atoms with Gasteiger partial charge in [-0.25, -0.2) is 0 Å². The smallest absolute Gasteiger partial charge is 0.269 e. The zero-order chi connectivity index (χ0) is 24.5. The predicted octanol–water partition coefficient (Wildman–Crippen LogP) is 6.35. The molecule has 0 N–H and O–H groups in total. The fourth-order valence-corrected chi connectivity index (χ4v) is 7.35. The van der Waals surface area contributed by atoms with Crippen LogP contribution in [-0.2, 0) is 14.5 Å². The van der Waals surface area contributed by atoms with Gasteiger partial charge in [0.2, 0.25) is 10.8 Å². The molecule has 2 atom stereocenters. The molecule has 2 amide bonds. The van der Waals surface area contributed by atoms with Crippen molar-refractivity contribution in [3.63, 3.8) is 0 Å². The average molecular weight is 485 g/mol. The fraction of sp³-hybridized carbons (Fsp3) is 0.310. The Balaban J connectivity index is 1.47. The number of nitrogens with zero attached hydrogens (tertiary/aromatic N) is 2. The normalized spacial score (nSPS) is 24.3. The van der Waals surface area contributed by atoms with E-state index in [1.165, 1.54) is 17.3 Å². The lowest BCUT2D eigenvalue weighted by Gasteiger charge is -2.44. The minimum absolute atomic E-state index is 0.0169. The van der Waals surface area contributed by atoms with E-state index < -0.39 is 4.87 Å². The van der Waals surface area contributed by atoms with Gasteiger partial charge in [-0.05, 0) is 75.1 Å². The van der Waals surface area contributed by atoms with Crippen LogP contribution in [0, 0.1) is 6.92 Å². The summed E-state index contributed by atoms with van der Waals surface area (Å²) >= 11 is 1.44. The number of anilines is 2. The van der Waals surface area contributed by atoms with Crippen LogP contribution < -0.4 is 14.5 Å². The molecule has 1 spiro atoms. The molecule has 0 radical (unpaired) electrons. The first-order valence-corrected chi connectivity index (χ1v) is 13.0. The standard InChI is InChI=1S/C29H28N2O3S/c1-18-14-23-19(2)16-28(3,4)31-26(23)24(15-18)29(27(31)33)30(25(32)17-35-29)20-10-12-22(13-11-20)34-21-8-6-5-7-9-21/h5-15,19H,16-17H2,1-4H3/t19-,29+/m0/s1. The highest BCUT2D eigenvalue weighted by Crippen LogP contribution is 2.61. The number of rotatable bonds is 3. The first-order valence-electron chi connectivity index (χ1n) is 12.0. The molecule has 3 aliphatic rings. The SMILES string of the molecule is Cc1cc2c3c(c1)[C@@]1(SCC(=O)N1c1ccc(Oc4ccccc4)cc1)C(=O)N3C(C)(C)C[C@@H]2C. The van der Waals surface area contributed by atoms with Crippen LogP contribution in [0.1, 0.15) is 49.8 Å². The summed E-state index contributed by atoms with van der Waals surface area (Å²) in [5, 5.41) is 0. The first-order chi connectivity index (χ1) is 16.7. The molecular weight excluding hydrogens is 456 g/mol. The minimum atomic E-state index is -1.09. The summed E-state index contributed by atoms with van der Waals surface area (Å²) in [7, 11) is 0. The maximum atomic E-state index is 14.4. The number of hydrogen-bond donors (Lipinski definition) is 0. The van der Waals surface area contributed by atoms with Crippen LogP contribution in [0.5, 0.6) is 11.5 Å². The summed E-state index contributed by atoms with van der Waals surface area (Å²) in [6.07, 6.45) is 0.884. The Morgan fingerprint density at radius 3 is 2.34 bits per heavy atom. The number of thioether (sulfide) groups is 1. The van der Waals surface area contributed by atoms with E-state index in [1.54, 1.807) is 4.90 Å². The molecule has 3 aromatic carbocycles. The number of carbonyl (C=O) groups excluding carboxylic acids is 2. The monoisotopic (exact) mass is 484 g/mol. The second-order valence-electron chi connectivity index (χ2n) is 10.4. The Labute approximate surface area is 210 Å². The van der Waals surface area contributed by atoms with Crippen molar-refractivity contribution in [1.82, 2.24) is 0 Å². The van der Waals surface area contributed by atoms with Gasteiger partial charge in [0, 0.05) is 16.8 Å². The molecule has 5 nitrogen and oxygen atoms in total. The van der Waals surface area contributed by atoms with Gasteiger partial charge in [-0.15, -0.1) is 11.8 Å². The van der Waals surface area contributed by atoms with Crippen molar-refractivity contribution in [2.45, 2.75) is 50.4 Å². The molecule has 3 aliphatic heterocycles. The molecule has 6 heteroatoms. The number of ether oxygens (including phenoxy) is 1. The van der Waals surface area contributed by atoms with Crippen LogP contribution in [0.2, 0.25) is 0 Å². The van der Waals surface area contributed by atoms with E-state index in [-0.39, 0.29) is 23.1 Å². The van der Waals surface area contributed by atoms with E-state index in [9.17, 15) is 9.59 Å². The van der Waals surface area contributed by atoms with E-state index in [2.05, 4.69) is 39.8 Å². The topological polar surface area (TPSA) is 49.9 Å². The van der Waals surface area contributed by atoms with Crippen molar-refractivity contribution in [3.05, 3.63) is 83.4 Å². The van der Waals surface area contributed by atoms with Gasteiger partial charge in [0.05, 0.1) is 11.4 Å². The average Bonchev–Trinajstić information content (AvgIpc) is 3.29. The van der Waals surface area contributed by atoms with Crippen LogP contribution >= 0.6 is 11.8 Å². The highest BCUT2D eigenvalue weighted by Gasteiger charge is 2.64. The lowest BCUT2D eigenvalue weighted by atomic mass is 9.80. The molecule has 1 fully saturated rings. The van der Waals surface area contributed by atoms with Gasteiger partial charge in [0.15, 0.2) is 0 Å². The zero-order valence-corrected chi connectivity index (χ0v) is 21.2. The predicted molar refractivity (Wildman–Crippen MR) is 140 cm³/mol. The third-order valence-electron chi connectivity index (χ3n) is 7.35. The highest BCUT2D eigenvalue weighted by molar-refractivity contribution is 8.02. The van der Waals surface area contributed by atoms with E-state index >= 15 is 0 Å². The molecule has 178 valence electrons. The Morgan fingerprint density at radius 2 is 1.63 bits per heavy atom. The maximum absolute atomic E-state index is 14.4. The van der Waals surface area contributed by atoms with Gasteiger partial charge in [-0.2, -0.15) is 0 Å². The van der Waals surface area contributed by atoms with Crippen LogP contribution in [0.15, 0.2) is 66.7 Å². The van der Waals surface area contributed by atoms with Gasteiger partial charge < -0.3 is 9.64 Å². The number of para-hydroxylation sites is 1. The number of amides is 2. The van der Waals surface area contributed by atoms with Crippen molar-refractivity contribution in [2.24, 2.45) is 0 Å². The second kappa shape index (κ2) is 7.62. The summed E-state index contributed by atoms with van der Waals surface area (Å²) in [6.45, 7) is 8.58. The molecule has 1 saturated heterocycles. The first kappa shape index (κ1) is 22.2. The largest absolute Gasteiger partial charge is 0.457 e. The summed E-state index contributed by atoms with van der Waals surface area (Å²) < 4.78 is 5.95. The van der Waals surface area contributed by atoms with Crippen LogP contribution in [0.4, 0.5) is 11.4 Å². The second-order valence-corrected chi connectivity index (χ2v) is 11.5. The van der Waals surface area contributed by atoms with E-state index in [0.29, 0.717) is 17.4 Å². The number of fused-ring (bicyclic) bond motifs is 1. The molecule has 0 bridgehead atoms. The molecule has 3 aromatic rings. The van der Waals surface area contributed by atoms with Crippen molar-refractivity contribution in [1.29, 1.82) is 0 Å². The molecule has 0 aromatic heterocycles. The molecule has 0 aliphatic carbocycles. The van der Waals surface area contributed by atoms with E-state index in [4.69, 9.17) is 4.74 Å². The van der Waals surface area contributed by atoms with Gasteiger partial charge in [0.25, 0.3) is 5.91 Å². The molecule has 3 heterocycles. The quantitative estimate of drug-likeness (QED) is 0.435. The zero-order valence-electron chi connectivity index (χ0n) is 20.4. The van der Waals surface area contributed by atoms with Gasteiger partial charge >= 0.3 is 0 Å². The third-order valence-corrected chi connectivity index (χ3v) is 8.74. The minimum Gasteiger partial charge on any atom is -0.457 e. The summed E-state index contributed by atoms with van der Waals surface area (Å²) in [5.41, 5.74) is 4.64. The van der Waals surface area contributed by atoms with Crippen LogP contribution in [0.25, 0.3) is 0 Å². The molecule has 0 saturated carbocycles. The maximum Gasteiger partial charge on any atom is 0.269 e. The Bertz CT molecular complexity index is 1350. The number of benzene rings is 3. The lowest BCUT2D eigenvalue weighted by Crippen LogP contribution is -2.56. The Morgan fingerprint density at radius 1 is 0.943 bits per heavy atom. The number of hydrogen-bond acceptors (Lipinski definition) is 4. The number of carbonyl (C=O) groups is 2. The highest BCUT2D eigenvalue weighted by atomic mass is 32.2. The van der Waals surface area contributed by atoms with Crippen molar-refractivity contribution < 1.29 is 14.3 Å². The van der Waals surface area contributed by atoms with Gasteiger partial charge in [-0.1, -0.05) is 42.8 Å². The summed E-state index contributed by atoms with van der Waals surface area (Å²) in [5.74, 6) is 1.96. The summed E-state index contributed by atoms with van der Waals surface area (Å²) in [4.78, 5) is 30.3. The molecular formula is C29H28N2O3S. The van der Waals surface area contributed by atoms with Gasteiger partial charge in [-0.3, -0.25) is 14.5 Å². The third kappa shape index (κ3) is 3.16. The molecule has 6 rings (SSSR count). The fourth-order valence-electron chi connectivity index (χ4n) is 6.03. The van der Waals surface area contributed by atoms with E-state index in [0.717, 1.165) is 29.0 Å². The van der Waals surface area contributed by atoms with Crippen molar-refractivity contribution in [3.8, 4) is 11.5 Å². The lowest BCUT2D eigenvalue weighted by molar-refractivity contribution is -0.124. The Hall–Kier alpha value is -3.25. The Kier molecular flexibility index (Phi) is 4.84. The van der Waals surface area contributed by atoms with Gasteiger partial charge in [0.1, 0.15) is 11.5 Å². The summed E-state index contributed by atoms with van der Waals surface area (Å²) in [6, 6.07) is 21.4. The van der Waals surface area contributed by atoms with E-state index in [1.807, 2.05) is 59.5 Å². The molecule has 0 unspecified atom stereocenters. The number of aryl methyl sites for hydroxylation is 1. The van der Waals surface area contributed by atoms with Crippen LogP contribution in [-0.4, -0.2) is 23.1 Å². The molecule has 35 heavy (non-hydrogen) atoms. The van der Waals surface area contributed by atoms with Crippen molar-refractivity contribution >= 4 is 35.0 Å².